The number of hydrogen-bond acceptors (Lipinski definition) is 3. The van der Waals surface area contributed by atoms with Crippen molar-refractivity contribution in [3.63, 3.8) is 0 Å². The molecular weight excluding hydrogens is 270 g/mol. The second-order valence-electron chi connectivity index (χ2n) is 6.98. The van der Waals surface area contributed by atoms with Gasteiger partial charge in [0, 0.05) is 26.3 Å². The highest BCUT2D eigenvalue weighted by Crippen LogP contribution is 2.50. The third-order valence-electron chi connectivity index (χ3n) is 6.16. The third-order valence-corrected chi connectivity index (χ3v) is 6.16. The summed E-state index contributed by atoms with van der Waals surface area (Å²) in [6.07, 6.45) is 4.99. The summed E-state index contributed by atoms with van der Waals surface area (Å²) in [6, 6.07) is 0. The van der Waals surface area contributed by atoms with Gasteiger partial charge < -0.3 is 14.7 Å². The number of likely N-dealkylation sites (tertiary alicyclic amines) is 1. The van der Waals surface area contributed by atoms with Crippen LogP contribution < -0.4 is 0 Å². The molecule has 0 aromatic carbocycles. The van der Waals surface area contributed by atoms with Gasteiger partial charge >= 0.3 is 5.97 Å². The number of nitrogens with zero attached hydrogens (tertiary/aromatic N) is 1. The van der Waals surface area contributed by atoms with Gasteiger partial charge in [-0.3, -0.25) is 9.59 Å². The molecule has 1 amide bonds. The summed E-state index contributed by atoms with van der Waals surface area (Å²) in [5.74, 6) is -0.395. The summed E-state index contributed by atoms with van der Waals surface area (Å²) in [7, 11) is 0. The summed E-state index contributed by atoms with van der Waals surface area (Å²) in [4.78, 5) is 26.6. The molecule has 3 rings (SSSR count). The molecule has 2 atom stereocenters. The van der Waals surface area contributed by atoms with Crippen LogP contribution in [0.4, 0.5) is 0 Å². The summed E-state index contributed by atoms with van der Waals surface area (Å²) < 4.78 is 5.41. The van der Waals surface area contributed by atoms with E-state index in [0.717, 1.165) is 38.5 Å². The van der Waals surface area contributed by atoms with E-state index in [1.807, 2.05) is 4.90 Å². The lowest BCUT2D eigenvalue weighted by molar-refractivity contribution is -0.151. The van der Waals surface area contributed by atoms with Crippen molar-refractivity contribution >= 4 is 11.9 Å². The van der Waals surface area contributed by atoms with Crippen LogP contribution >= 0.6 is 0 Å². The molecule has 1 saturated carbocycles. The van der Waals surface area contributed by atoms with Crippen molar-refractivity contribution in [2.24, 2.45) is 16.7 Å². The van der Waals surface area contributed by atoms with Crippen LogP contribution in [0, 0.1) is 16.7 Å². The Morgan fingerprint density at radius 2 is 2.00 bits per heavy atom. The lowest BCUT2D eigenvalue weighted by Gasteiger charge is -2.38. The second-order valence-corrected chi connectivity index (χ2v) is 6.98. The van der Waals surface area contributed by atoms with E-state index >= 15 is 0 Å². The SMILES string of the molecule is CCC1(C(=O)N2C[C@@H]3CCC[C@@]3(C(=O)O)C2)CCOCC1. The quantitative estimate of drug-likeness (QED) is 0.863. The number of rotatable bonds is 3. The van der Waals surface area contributed by atoms with Gasteiger partial charge in [-0.15, -0.1) is 0 Å². The highest BCUT2D eigenvalue weighted by atomic mass is 16.5. The molecule has 0 radical (unpaired) electrons. The maximum atomic E-state index is 13.0. The van der Waals surface area contributed by atoms with Crippen molar-refractivity contribution in [1.29, 1.82) is 0 Å². The molecule has 5 heteroatoms. The summed E-state index contributed by atoms with van der Waals surface area (Å²) in [5, 5.41) is 9.65. The molecule has 21 heavy (non-hydrogen) atoms. The lowest BCUT2D eigenvalue weighted by Crippen LogP contribution is -2.47. The molecule has 2 heterocycles. The second kappa shape index (κ2) is 5.27. The van der Waals surface area contributed by atoms with Crippen LogP contribution in [0.1, 0.15) is 45.4 Å². The Balaban J connectivity index is 1.79. The molecule has 0 unspecified atom stereocenters. The first-order chi connectivity index (χ1) is 10.0. The Bertz CT molecular complexity index is 444. The van der Waals surface area contributed by atoms with E-state index in [9.17, 15) is 14.7 Å². The lowest BCUT2D eigenvalue weighted by atomic mass is 9.76. The van der Waals surface area contributed by atoms with Gasteiger partial charge in [0.1, 0.15) is 0 Å². The number of carboxylic acids is 1. The molecule has 0 aromatic heterocycles. The topological polar surface area (TPSA) is 66.8 Å². The van der Waals surface area contributed by atoms with Gasteiger partial charge in [-0.2, -0.15) is 0 Å². The number of aliphatic carboxylic acids is 1. The first-order valence-corrected chi connectivity index (χ1v) is 8.15. The van der Waals surface area contributed by atoms with Crippen molar-refractivity contribution in [3.05, 3.63) is 0 Å². The highest BCUT2D eigenvalue weighted by molar-refractivity contribution is 5.85. The molecule has 0 aromatic rings. The summed E-state index contributed by atoms with van der Waals surface area (Å²) in [6.45, 7) is 4.39. The average molecular weight is 295 g/mol. The number of hydrogen-bond donors (Lipinski definition) is 1. The number of carbonyl (C=O) groups is 2. The number of fused-ring (bicyclic) bond motifs is 1. The van der Waals surface area contributed by atoms with E-state index in [0.29, 0.717) is 26.3 Å². The molecular formula is C16H25NO4. The van der Waals surface area contributed by atoms with Crippen molar-refractivity contribution in [2.75, 3.05) is 26.3 Å². The Morgan fingerprint density at radius 1 is 1.29 bits per heavy atom. The molecule has 3 aliphatic rings. The first-order valence-electron chi connectivity index (χ1n) is 8.15. The fourth-order valence-electron chi connectivity index (χ4n) is 4.61. The van der Waals surface area contributed by atoms with Gasteiger partial charge in [-0.05, 0) is 38.0 Å². The minimum atomic E-state index is -0.710. The number of carbonyl (C=O) groups excluding carboxylic acids is 1. The Morgan fingerprint density at radius 3 is 2.57 bits per heavy atom. The van der Waals surface area contributed by atoms with Crippen LogP contribution in [-0.2, 0) is 14.3 Å². The maximum Gasteiger partial charge on any atom is 0.311 e. The van der Waals surface area contributed by atoms with E-state index in [2.05, 4.69) is 6.92 Å². The molecule has 5 nitrogen and oxygen atoms in total. The van der Waals surface area contributed by atoms with Crippen LogP contribution in [0.5, 0.6) is 0 Å². The summed E-state index contributed by atoms with van der Waals surface area (Å²) in [5.41, 5.74) is -0.994. The van der Waals surface area contributed by atoms with Crippen molar-refractivity contribution < 1.29 is 19.4 Å². The van der Waals surface area contributed by atoms with Crippen LogP contribution in [0.3, 0.4) is 0 Å². The normalized spacial score (nSPS) is 34.7. The number of amides is 1. The zero-order chi connectivity index (χ0) is 15.1. The van der Waals surface area contributed by atoms with E-state index in [-0.39, 0.29) is 17.2 Å². The molecule has 1 N–H and O–H groups in total. The Hall–Kier alpha value is -1.10. The van der Waals surface area contributed by atoms with E-state index in [1.54, 1.807) is 0 Å². The van der Waals surface area contributed by atoms with E-state index < -0.39 is 11.4 Å². The standard InChI is InChI=1S/C16H25NO4/c1-2-15(6-8-21-9-7-15)13(18)17-10-12-4-3-5-16(12,11-17)14(19)20/h12H,2-11H2,1H3,(H,19,20)/t12-,16+/m0/s1. The minimum absolute atomic E-state index is 0.146. The molecule has 118 valence electrons. The minimum Gasteiger partial charge on any atom is -0.481 e. The zero-order valence-corrected chi connectivity index (χ0v) is 12.8. The van der Waals surface area contributed by atoms with Gasteiger partial charge in [0.05, 0.1) is 10.8 Å². The van der Waals surface area contributed by atoms with E-state index in [1.165, 1.54) is 0 Å². The van der Waals surface area contributed by atoms with Gasteiger partial charge in [-0.1, -0.05) is 13.3 Å². The molecule has 0 spiro atoms. The predicted octanol–water partition coefficient (Wildman–Crippen LogP) is 1.91. The van der Waals surface area contributed by atoms with Crippen LogP contribution in [0.15, 0.2) is 0 Å². The van der Waals surface area contributed by atoms with Crippen molar-refractivity contribution in [3.8, 4) is 0 Å². The zero-order valence-electron chi connectivity index (χ0n) is 12.8. The number of carboxylic acid groups (broad SMARTS) is 1. The Kier molecular flexibility index (Phi) is 3.72. The van der Waals surface area contributed by atoms with Crippen LogP contribution in [-0.4, -0.2) is 48.2 Å². The fourth-order valence-corrected chi connectivity index (χ4v) is 4.61. The molecule has 0 bridgehead atoms. The third kappa shape index (κ3) is 2.17. The predicted molar refractivity (Wildman–Crippen MR) is 76.8 cm³/mol. The largest absolute Gasteiger partial charge is 0.481 e. The van der Waals surface area contributed by atoms with Crippen molar-refractivity contribution in [1.82, 2.24) is 4.90 Å². The monoisotopic (exact) mass is 295 g/mol. The van der Waals surface area contributed by atoms with Crippen LogP contribution in [0.25, 0.3) is 0 Å². The highest BCUT2D eigenvalue weighted by Gasteiger charge is 2.57. The average Bonchev–Trinajstić information content (AvgIpc) is 3.05. The Labute approximate surface area is 125 Å². The van der Waals surface area contributed by atoms with Gasteiger partial charge in [0.15, 0.2) is 0 Å². The van der Waals surface area contributed by atoms with Gasteiger partial charge in [0.25, 0.3) is 0 Å². The first kappa shape index (κ1) is 14.8. The fraction of sp³-hybridized carbons (Fsp3) is 0.875. The molecule has 2 saturated heterocycles. The number of ether oxygens (including phenoxy) is 1. The van der Waals surface area contributed by atoms with Crippen LogP contribution in [0.2, 0.25) is 0 Å². The van der Waals surface area contributed by atoms with E-state index in [4.69, 9.17) is 4.74 Å². The van der Waals surface area contributed by atoms with Gasteiger partial charge in [-0.25, -0.2) is 0 Å². The van der Waals surface area contributed by atoms with Crippen molar-refractivity contribution in [2.45, 2.75) is 45.4 Å². The maximum absolute atomic E-state index is 13.0. The summed E-state index contributed by atoms with van der Waals surface area (Å²) >= 11 is 0. The molecule has 3 fully saturated rings. The van der Waals surface area contributed by atoms with Gasteiger partial charge in [0.2, 0.25) is 5.91 Å². The molecule has 1 aliphatic carbocycles. The molecule has 2 aliphatic heterocycles. The smallest absolute Gasteiger partial charge is 0.311 e.